The lowest BCUT2D eigenvalue weighted by Gasteiger charge is -2.25. The molecule has 0 fully saturated rings. The molecule has 1 amide bonds. The van der Waals surface area contributed by atoms with Crippen LogP contribution in [0, 0.1) is 0 Å². The number of carbonyl (C=O) groups excluding carboxylic acids is 1. The fraction of sp³-hybridized carbons (Fsp3) is 0.400. The smallest absolute Gasteiger partial charge is 0.254 e. The van der Waals surface area contributed by atoms with E-state index in [1.165, 1.54) is 0 Å². The Bertz CT molecular complexity index is 413. The molecule has 0 aliphatic rings. The van der Waals surface area contributed by atoms with Crippen LogP contribution in [0.2, 0.25) is 0 Å². The summed E-state index contributed by atoms with van der Waals surface area (Å²) in [5.74, 6) is 0.733. The largest absolute Gasteiger partial charge is 0.490 e. The summed E-state index contributed by atoms with van der Waals surface area (Å²) in [4.78, 5) is 14.1. The topological polar surface area (TPSA) is 29.5 Å². The Labute approximate surface area is 109 Å². The Morgan fingerprint density at radius 2 is 2.22 bits per heavy atom. The molecule has 0 atom stereocenters. The molecule has 98 valence electrons. The number of benzene rings is 1. The van der Waals surface area contributed by atoms with Crippen LogP contribution >= 0.6 is 0 Å². The maximum absolute atomic E-state index is 12.3. The Kier molecular flexibility index (Phi) is 5.43. The molecule has 18 heavy (non-hydrogen) atoms. The predicted octanol–water partition coefficient (Wildman–Crippen LogP) is 3.12. The number of hydrogen-bond donors (Lipinski definition) is 0. The van der Waals surface area contributed by atoms with Crippen molar-refractivity contribution in [3.05, 3.63) is 42.5 Å². The zero-order chi connectivity index (χ0) is 13.5. The van der Waals surface area contributed by atoms with Crippen LogP contribution in [-0.2, 0) is 0 Å². The first-order valence-corrected chi connectivity index (χ1v) is 6.24. The first-order chi connectivity index (χ1) is 8.60. The van der Waals surface area contributed by atoms with E-state index in [0.717, 1.165) is 0 Å². The lowest BCUT2D eigenvalue weighted by Crippen LogP contribution is -2.36. The van der Waals surface area contributed by atoms with E-state index >= 15 is 0 Å². The van der Waals surface area contributed by atoms with E-state index in [0.29, 0.717) is 24.5 Å². The standard InChI is InChI=1S/C15H21NO2/c1-5-10-18-14-9-7-8-13(11-14)15(17)16(6-2)12(3)4/h5,7-9,11-12H,1,6,10H2,2-4H3. The highest BCUT2D eigenvalue weighted by atomic mass is 16.5. The quantitative estimate of drug-likeness (QED) is 0.723. The van der Waals surface area contributed by atoms with Crippen LogP contribution in [0.15, 0.2) is 36.9 Å². The molecule has 0 saturated heterocycles. The van der Waals surface area contributed by atoms with Gasteiger partial charge < -0.3 is 9.64 Å². The molecule has 0 spiro atoms. The molecule has 1 aromatic carbocycles. The van der Waals surface area contributed by atoms with Crippen LogP contribution in [0.25, 0.3) is 0 Å². The van der Waals surface area contributed by atoms with Gasteiger partial charge in [0.2, 0.25) is 0 Å². The molecular weight excluding hydrogens is 226 g/mol. The van der Waals surface area contributed by atoms with Crippen LogP contribution in [0.4, 0.5) is 0 Å². The molecule has 0 N–H and O–H groups in total. The summed E-state index contributed by atoms with van der Waals surface area (Å²) >= 11 is 0. The van der Waals surface area contributed by atoms with Gasteiger partial charge in [-0.3, -0.25) is 4.79 Å². The number of carbonyl (C=O) groups is 1. The second-order valence-corrected chi connectivity index (χ2v) is 4.31. The average molecular weight is 247 g/mol. The summed E-state index contributed by atoms with van der Waals surface area (Å²) in [6.45, 7) is 10.8. The first-order valence-electron chi connectivity index (χ1n) is 6.24. The average Bonchev–Trinajstić information content (AvgIpc) is 2.37. The number of rotatable bonds is 6. The second-order valence-electron chi connectivity index (χ2n) is 4.31. The minimum atomic E-state index is 0.0385. The van der Waals surface area contributed by atoms with Gasteiger partial charge in [0, 0.05) is 18.2 Å². The van der Waals surface area contributed by atoms with Gasteiger partial charge in [0.15, 0.2) is 0 Å². The normalized spacial score (nSPS) is 10.2. The van der Waals surface area contributed by atoms with Gasteiger partial charge in [-0.2, -0.15) is 0 Å². The first kappa shape index (κ1) is 14.3. The molecule has 0 radical (unpaired) electrons. The van der Waals surface area contributed by atoms with Crippen molar-refractivity contribution in [3.8, 4) is 5.75 Å². The Balaban J connectivity index is 2.88. The fourth-order valence-corrected chi connectivity index (χ4v) is 1.78. The molecule has 0 bridgehead atoms. The minimum absolute atomic E-state index is 0.0385. The fourth-order valence-electron chi connectivity index (χ4n) is 1.78. The predicted molar refractivity (Wildman–Crippen MR) is 74.0 cm³/mol. The number of ether oxygens (including phenoxy) is 1. The summed E-state index contributed by atoms with van der Waals surface area (Å²) in [6.07, 6.45) is 1.68. The molecule has 0 aliphatic heterocycles. The van der Waals surface area contributed by atoms with Gasteiger partial charge in [0.1, 0.15) is 12.4 Å². The maximum atomic E-state index is 12.3. The van der Waals surface area contributed by atoms with Crippen molar-refractivity contribution in [1.29, 1.82) is 0 Å². The van der Waals surface area contributed by atoms with E-state index in [2.05, 4.69) is 6.58 Å². The van der Waals surface area contributed by atoms with Gasteiger partial charge in [-0.15, -0.1) is 0 Å². The van der Waals surface area contributed by atoms with E-state index < -0.39 is 0 Å². The number of hydrogen-bond acceptors (Lipinski definition) is 2. The van der Waals surface area contributed by atoms with Crippen molar-refractivity contribution in [3.63, 3.8) is 0 Å². The lowest BCUT2D eigenvalue weighted by molar-refractivity contribution is 0.0716. The number of amides is 1. The maximum Gasteiger partial charge on any atom is 0.254 e. The van der Waals surface area contributed by atoms with Crippen LogP contribution in [-0.4, -0.2) is 30.0 Å². The highest BCUT2D eigenvalue weighted by Crippen LogP contribution is 2.16. The second kappa shape index (κ2) is 6.84. The zero-order valence-electron chi connectivity index (χ0n) is 11.3. The Hall–Kier alpha value is -1.77. The highest BCUT2D eigenvalue weighted by Gasteiger charge is 2.17. The van der Waals surface area contributed by atoms with E-state index in [1.807, 2.05) is 43.9 Å². The molecule has 3 nitrogen and oxygen atoms in total. The van der Waals surface area contributed by atoms with E-state index in [9.17, 15) is 4.79 Å². The summed E-state index contributed by atoms with van der Waals surface area (Å²) < 4.78 is 5.43. The molecule has 0 heterocycles. The van der Waals surface area contributed by atoms with Gasteiger partial charge >= 0.3 is 0 Å². The van der Waals surface area contributed by atoms with Crippen molar-refractivity contribution in [1.82, 2.24) is 4.90 Å². The Morgan fingerprint density at radius 3 is 2.78 bits per heavy atom. The van der Waals surface area contributed by atoms with E-state index in [1.54, 1.807) is 12.1 Å². The third-order valence-corrected chi connectivity index (χ3v) is 2.67. The molecular formula is C15H21NO2. The van der Waals surface area contributed by atoms with E-state index in [4.69, 9.17) is 4.74 Å². The third kappa shape index (κ3) is 3.62. The lowest BCUT2D eigenvalue weighted by atomic mass is 10.1. The van der Waals surface area contributed by atoms with Gasteiger partial charge in [0.25, 0.3) is 5.91 Å². The van der Waals surface area contributed by atoms with Crippen molar-refractivity contribution in [2.75, 3.05) is 13.2 Å². The SMILES string of the molecule is C=CCOc1cccc(C(=O)N(CC)C(C)C)c1. The third-order valence-electron chi connectivity index (χ3n) is 2.67. The van der Waals surface area contributed by atoms with Crippen molar-refractivity contribution in [2.24, 2.45) is 0 Å². The highest BCUT2D eigenvalue weighted by molar-refractivity contribution is 5.94. The van der Waals surface area contributed by atoms with Crippen molar-refractivity contribution in [2.45, 2.75) is 26.8 Å². The van der Waals surface area contributed by atoms with Crippen LogP contribution in [0.1, 0.15) is 31.1 Å². The van der Waals surface area contributed by atoms with Gasteiger partial charge in [-0.25, -0.2) is 0 Å². The summed E-state index contributed by atoms with van der Waals surface area (Å²) in [5.41, 5.74) is 0.659. The molecule has 3 heteroatoms. The Morgan fingerprint density at radius 1 is 1.50 bits per heavy atom. The summed E-state index contributed by atoms with van der Waals surface area (Å²) in [7, 11) is 0. The molecule has 1 aromatic rings. The van der Waals surface area contributed by atoms with Crippen molar-refractivity contribution < 1.29 is 9.53 Å². The molecule has 1 rings (SSSR count). The molecule has 0 saturated carbocycles. The zero-order valence-corrected chi connectivity index (χ0v) is 11.3. The minimum Gasteiger partial charge on any atom is -0.490 e. The molecule has 0 aromatic heterocycles. The van der Waals surface area contributed by atoms with E-state index in [-0.39, 0.29) is 11.9 Å². The van der Waals surface area contributed by atoms with Crippen LogP contribution in [0.5, 0.6) is 5.75 Å². The van der Waals surface area contributed by atoms with Crippen LogP contribution in [0.3, 0.4) is 0 Å². The summed E-state index contributed by atoms with van der Waals surface area (Å²) in [6, 6.07) is 7.46. The van der Waals surface area contributed by atoms with Gasteiger partial charge in [-0.1, -0.05) is 18.7 Å². The molecule has 0 unspecified atom stereocenters. The van der Waals surface area contributed by atoms with Crippen LogP contribution < -0.4 is 4.74 Å². The van der Waals surface area contributed by atoms with Crippen molar-refractivity contribution >= 4 is 5.91 Å². The number of nitrogens with zero attached hydrogens (tertiary/aromatic N) is 1. The summed E-state index contributed by atoms with van der Waals surface area (Å²) in [5, 5.41) is 0. The van der Waals surface area contributed by atoms with Gasteiger partial charge in [0.05, 0.1) is 0 Å². The van der Waals surface area contributed by atoms with Gasteiger partial charge in [-0.05, 0) is 39.0 Å². The molecule has 0 aliphatic carbocycles. The monoisotopic (exact) mass is 247 g/mol.